The van der Waals surface area contributed by atoms with Crippen LogP contribution in [-0.4, -0.2) is 146 Å². The standard InChI is InChI=1S/C31H40N5O6P.C31H39N5O3.C30H37N5O4/c1-4-6-10-27-35-29-30(36(27)20-23-12-14-26(21(3)18-23)42-43(38,39)40)24-13-11-22(19-25(24)34-31(29)32)9-7-16-41-17-8-15-33-28(37)5-2;1-4-6-10-27-35-29-30(36(27)20-23-12-14-26(37)21(3)18-23)24-13-11-22(19-25(24)34-31(29)32)9-7-16-39-17-8-15-33-28(38)5-2;1-3-5-12-25-34-27-28(35(25)19-21-10-6-11-24(36)29(21)38)22-14-13-20(18-23(22)33-30(27)31)9-7-16-39-17-8-15-32-26(37)4-2/h5,11-14,18-19H,2,4,6-10,15-17,20H2,1,3H3,(H2,32,34)(H,33,37)(H2,38,39,40);5,11-14,18-19,37H,2,4,6-10,15-17,20H2,1,3H3,(H2,32,34)(H,33,38);4,6,10-11,13-14,18,36,38H,2-3,5,7-9,12,15-17,19H2,1H3,(H2,31,33)(H,32,37). The third-order valence-electron chi connectivity index (χ3n) is 20.7. The normalized spacial score (nSPS) is 11.5. The Labute approximate surface area is 706 Å². The number of para-hydroxylation sites is 1. The number of aryl methyl sites for hydroxylation is 8. The van der Waals surface area contributed by atoms with Crippen molar-refractivity contribution in [1.82, 2.24) is 59.6 Å². The average Bonchev–Trinajstić information content (AvgIpc) is 1.62. The van der Waals surface area contributed by atoms with Crippen molar-refractivity contribution in [3.8, 4) is 23.0 Å². The lowest BCUT2D eigenvalue weighted by molar-refractivity contribution is -0.117. The number of pyridine rings is 3. The molecule has 6 aromatic heterocycles. The number of nitrogens with zero attached hydrogens (tertiary/aromatic N) is 9. The molecule has 0 aliphatic carbocycles. The molecule has 0 spiro atoms. The molecular weight excluding hydrogens is 1550 g/mol. The SMILES string of the molecule is C=CC(=O)NCCCOCCCc1ccc2c(c1)nc(N)c1nc(CCCC)n(Cc3ccc(O)c(C)c3)c12.C=CC(=O)NCCCOCCCc1ccc2c(c1)nc(N)c1nc(CCCC)n(Cc3ccc(OP(=O)(O)O)c(C)c3)c12.C=CC(=O)NCCCOCCCc1ccc2c(c1)nc(N)c1nc(CCCC)n(Cc3cccc(O)c3O)c12. The molecule has 0 aliphatic heterocycles. The summed E-state index contributed by atoms with van der Waals surface area (Å²) in [4.78, 5) is 80.8. The van der Waals surface area contributed by atoms with E-state index in [1.54, 1.807) is 37.3 Å². The Morgan fingerprint density at radius 2 is 0.785 bits per heavy atom. The predicted molar refractivity (Wildman–Crippen MR) is 479 cm³/mol. The summed E-state index contributed by atoms with van der Waals surface area (Å²) < 4.78 is 39.8. The molecule has 0 bridgehead atoms. The summed E-state index contributed by atoms with van der Waals surface area (Å²) in [6, 6.07) is 34.8. The first-order valence-corrected chi connectivity index (χ1v) is 43.2. The minimum absolute atomic E-state index is 0.127. The zero-order chi connectivity index (χ0) is 86.5. The molecule has 28 nitrogen and oxygen atoms in total. The molecule has 3 amide bonds. The summed E-state index contributed by atoms with van der Waals surface area (Å²) in [5.41, 5.74) is 34.2. The second-order valence-corrected chi connectivity index (χ2v) is 31.2. The highest BCUT2D eigenvalue weighted by atomic mass is 31.2. The lowest BCUT2D eigenvalue weighted by atomic mass is 10.1. The maximum absolute atomic E-state index is 11.3. The molecule has 0 atom stereocenters. The summed E-state index contributed by atoms with van der Waals surface area (Å²) in [7, 11) is -4.65. The number of anilines is 3. The van der Waals surface area contributed by atoms with Gasteiger partial charge in [-0.3, -0.25) is 24.2 Å². The van der Waals surface area contributed by atoms with Crippen molar-refractivity contribution in [1.29, 1.82) is 0 Å². The zero-order valence-electron chi connectivity index (χ0n) is 70.2. The smallest absolute Gasteiger partial charge is 0.508 e. The Morgan fingerprint density at radius 3 is 1.14 bits per heavy atom. The number of phosphoric ester groups is 1. The quantitative estimate of drug-likeness (QED) is 0.00731. The van der Waals surface area contributed by atoms with Crippen molar-refractivity contribution in [2.24, 2.45) is 0 Å². The number of hydrogen-bond acceptors (Lipinski definition) is 20. The summed E-state index contributed by atoms with van der Waals surface area (Å²) in [5, 5.41) is 41.7. The Morgan fingerprint density at radius 1 is 0.430 bits per heavy atom. The van der Waals surface area contributed by atoms with Gasteiger partial charge in [-0.1, -0.05) is 133 Å². The number of aromatic hydroxyl groups is 3. The predicted octanol–water partition coefficient (Wildman–Crippen LogP) is 14.8. The van der Waals surface area contributed by atoms with Crippen LogP contribution in [0.3, 0.4) is 0 Å². The van der Waals surface area contributed by atoms with Crippen LogP contribution in [0.15, 0.2) is 147 Å². The van der Waals surface area contributed by atoms with Gasteiger partial charge in [0.25, 0.3) is 0 Å². The number of ether oxygens (including phenoxy) is 3. The van der Waals surface area contributed by atoms with Gasteiger partial charge < -0.3 is 80.9 Å². The second-order valence-electron chi connectivity index (χ2n) is 30.1. The fourth-order valence-corrected chi connectivity index (χ4v) is 14.9. The molecule has 0 unspecified atom stereocenters. The number of carbonyl (C=O) groups excluding carboxylic acids is 3. The largest absolute Gasteiger partial charge is 0.524 e. The molecule has 6 heterocycles. The van der Waals surface area contributed by atoms with Crippen molar-refractivity contribution >= 4 is 109 Å². The zero-order valence-corrected chi connectivity index (χ0v) is 71.1. The number of aromatic nitrogens is 9. The molecule has 0 aliphatic rings. The van der Waals surface area contributed by atoms with Gasteiger partial charge in [-0.05, 0) is 184 Å². The number of hydrogen-bond donors (Lipinski definition) is 11. The van der Waals surface area contributed by atoms with Gasteiger partial charge in [0, 0.05) is 113 Å². The van der Waals surface area contributed by atoms with Crippen molar-refractivity contribution in [2.75, 3.05) is 76.5 Å². The number of fused-ring (bicyclic) bond motifs is 9. The van der Waals surface area contributed by atoms with Crippen LogP contribution in [0.2, 0.25) is 0 Å². The maximum atomic E-state index is 11.3. The Kier molecular flexibility index (Phi) is 34.1. The van der Waals surface area contributed by atoms with Crippen LogP contribution in [-0.2, 0) is 91.3 Å². The molecule has 12 aromatic rings. The Hall–Kier alpha value is -11.8. The minimum atomic E-state index is -4.65. The molecule has 0 radical (unpaired) electrons. The summed E-state index contributed by atoms with van der Waals surface area (Å²) in [6.07, 6.45) is 19.7. The summed E-state index contributed by atoms with van der Waals surface area (Å²) in [5.74, 6) is 3.65. The van der Waals surface area contributed by atoms with Gasteiger partial charge in [0.15, 0.2) is 29.0 Å². The van der Waals surface area contributed by atoms with Gasteiger partial charge in [-0.15, -0.1) is 0 Å². The van der Waals surface area contributed by atoms with Crippen LogP contribution in [0.5, 0.6) is 23.0 Å². The molecule has 0 saturated carbocycles. The van der Waals surface area contributed by atoms with Crippen LogP contribution in [0.1, 0.15) is 160 Å². The van der Waals surface area contributed by atoms with Gasteiger partial charge in [-0.2, -0.15) is 0 Å². The molecule has 29 heteroatoms. The van der Waals surface area contributed by atoms with Crippen molar-refractivity contribution in [3.63, 3.8) is 0 Å². The summed E-state index contributed by atoms with van der Waals surface area (Å²) >= 11 is 0. The number of phenols is 3. The van der Waals surface area contributed by atoms with Gasteiger partial charge >= 0.3 is 7.82 Å². The first kappa shape index (κ1) is 91.5. The monoisotopic (exact) mass is 1670 g/mol. The number of nitrogens with one attached hydrogen (secondary N) is 3. The molecular formula is C92H116N15O13P. The average molecular weight is 1670 g/mol. The number of benzene rings is 6. The van der Waals surface area contributed by atoms with E-state index in [-0.39, 0.29) is 35.0 Å². The molecule has 642 valence electrons. The Bertz CT molecular complexity index is 5660. The van der Waals surface area contributed by atoms with E-state index in [4.69, 9.17) is 60.9 Å². The fraction of sp³-hybridized carbons (Fsp3) is 0.380. The minimum Gasteiger partial charge on any atom is -0.508 e. The van der Waals surface area contributed by atoms with Crippen LogP contribution in [0.25, 0.3) is 65.8 Å². The van der Waals surface area contributed by atoms with E-state index in [0.29, 0.717) is 124 Å². The van der Waals surface area contributed by atoms with Crippen molar-refractivity contribution in [2.45, 2.75) is 170 Å². The molecule has 12 rings (SSSR count). The number of unbranched alkanes of at least 4 members (excludes halogenated alkanes) is 3. The lowest BCUT2D eigenvalue weighted by Gasteiger charge is -2.14. The number of amides is 3. The highest BCUT2D eigenvalue weighted by Gasteiger charge is 2.24. The fourth-order valence-electron chi connectivity index (χ4n) is 14.5. The number of carbonyl (C=O) groups is 3. The van der Waals surface area contributed by atoms with Crippen LogP contribution in [0.4, 0.5) is 17.5 Å². The van der Waals surface area contributed by atoms with Crippen molar-refractivity contribution < 1.29 is 62.8 Å². The summed E-state index contributed by atoms with van der Waals surface area (Å²) in [6.45, 7) is 27.3. The molecule has 0 saturated heterocycles. The molecule has 6 aromatic carbocycles. The number of phosphoric acid groups is 1. The van der Waals surface area contributed by atoms with Crippen LogP contribution in [0, 0.1) is 13.8 Å². The van der Waals surface area contributed by atoms with E-state index in [0.717, 1.165) is 216 Å². The van der Waals surface area contributed by atoms with E-state index >= 15 is 0 Å². The number of nitrogen functional groups attached to an aromatic ring is 3. The Balaban J connectivity index is 0.000000191. The van der Waals surface area contributed by atoms with E-state index in [1.165, 1.54) is 29.9 Å². The molecule has 14 N–H and O–H groups in total. The first-order chi connectivity index (χ1) is 58.4. The van der Waals surface area contributed by atoms with Crippen LogP contribution < -0.4 is 37.7 Å². The first-order valence-electron chi connectivity index (χ1n) is 41.7. The maximum Gasteiger partial charge on any atom is 0.524 e. The van der Waals surface area contributed by atoms with Crippen molar-refractivity contribution in [3.05, 3.63) is 209 Å². The highest BCUT2D eigenvalue weighted by Crippen LogP contribution is 2.41. The van der Waals surface area contributed by atoms with E-state index in [2.05, 4.69) is 130 Å². The van der Waals surface area contributed by atoms with Gasteiger partial charge in [0.2, 0.25) is 17.7 Å². The van der Waals surface area contributed by atoms with Crippen LogP contribution >= 0.6 is 7.82 Å². The third kappa shape index (κ3) is 25.4. The van der Waals surface area contributed by atoms with E-state index in [9.17, 15) is 44.1 Å². The molecule has 121 heavy (non-hydrogen) atoms. The number of imidazole rings is 3. The van der Waals surface area contributed by atoms with E-state index < -0.39 is 7.82 Å². The number of rotatable bonds is 44. The van der Waals surface area contributed by atoms with Gasteiger partial charge in [0.05, 0.1) is 39.6 Å². The third-order valence-corrected chi connectivity index (χ3v) is 21.2. The number of nitrogens with two attached hydrogens (primary N) is 3. The van der Waals surface area contributed by atoms with Gasteiger partial charge in [-0.25, -0.2) is 34.5 Å². The molecule has 0 fully saturated rings. The lowest BCUT2D eigenvalue weighted by Crippen LogP contribution is -2.22. The van der Waals surface area contributed by atoms with E-state index in [1.807, 2.05) is 25.1 Å². The second kappa shape index (κ2) is 45.0. The highest BCUT2D eigenvalue weighted by molar-refractivity contribution is 7.46. The number of phenolic OH excluding ortho intramolecular Hbond substituents is 3. The topological polar surface area (TPSA) is 413 Å². The van der Waals surface area contributed by atoms with Gasteiger partial charge in [0.1, 0.15) is 45.5 Å².